The Bertz CT molecular complexity index is 1390. The number of carbonyl (C=O) groups is 1. The predicted octanol–water partition coefficient (Wildman–Crippen LogP) is 5.63. The number of anilines is 1. The second-order valence-corrected chi connectivity index (χ2v) is 9.12. The fourth-order valence-electron chi connectivity index (χ4n) is 4.12. The zero-order valence-electron chi connectivity index (χ0n) is 19.5. The van der Waals surface area contributed by atoms with E-state index < -0.39 is 6.23 Å². The summed E-state index contributed by atoms with van der Waals surface area (Å²) in [6, 6.07) is 17.1. The molecule has 1 amide bonds. The van der Waals surface area contributed by atoms with E-state index in [1.54, 1.807) is 9.58 Å². The summed E-state index contributed by atoms with van der Waals surface area (Å²) in [4.78, 5) is 19.8. The number of ether oxygens (including phenoxy) is 1. The van der Waals surface area contributed by atoms with Crippen molar-refractivity contribution in [3.8, 4) is 22.8 Å². The highest BCUT2D eigenvalue weighted by molar-refractivity contribution is 7.98. The average molecular weight is 507 g/mol. The number of benzene rings is 2. The molecule has 178 valence electrons. The molecule has 1 aliphatic heterocycles. The number of fused-ring (bicyclic) bond motifs is 3. The molecule has 1 aliphatic rings. The molecular weight excluding hydrogens is 484 g/mol. The van der Waals surface area contributed by atoms with Crippen molar-refractivity contribution in [3.63, 3.8) is 0 Å². The quantitative estimate of drug-likeness (QED) is 0.324. The lowest BCUT2D eigenvalue weighted by Crippen LogP contribution is -2.38. The number of aryl methyl sites for hydroxylation is 1. The minimum atomic E-state index is -0.896. The summed E-state index contributed by atoms with van der Waals surface area (Å²) < 4.78 is 8.15. The maximum Gasteiger partial charge on any atom is 0.247 e. The molecule has 0 saturated heterocycles. The third kappa shape index (κ3) is 4.15. The monoisotopic (exact) mass is 506 g/mol. The van der Waals surface area contributed by atoms with Gasteiger partial charge in [-0.25, -0.2) is 4.68 Å². The van der Waals surface area contributed by atoms with Crippen LogP contribution in [0.2, 0.25) is 5.15 Å². The molecule has 3 heterocycles. The van der Waals surface area contributed by atoms with Crippen LogP contribution in [-0.4, -0.2) is 37.1 Å². The van der Waals surface area contributed by atoms with Gasteiger partial charge in [0, 0.05) is 12.0 Å². The number of nitrogens with zero attached hydrogens (tertiary/aromatic N) is 6. The van der Waals surface area contributed by atoms with Crippen LogP contribution in [0.15, 0.2) is 59.8 Å². The Labute approximate surface area is 212 Å². The molecule has 0 radical (unpaired) electrons. The summed E-state index contributed by atoms with van der Waals surface area (Å²) in [5, 5.41) is 14.1. The molecule has 8 nitrogen and oxygen atoms in total. The zero-order chi connectivity index (χ0) is 24.5. The first-order chi connectivity index (χ1) is 17.0. The molecular formula is C25H23ClN6O2S. The van der Waals surface area contributed by atoms with Crippen LogP contribution in [0.4, 0.5) is 5.69 Å². The molecule has 0 fully saturated rings. The van der Waals surface area contributed by atoms with Gasteiger partial charge in [-0.2, -0.15) is 10.1 Å². The van der Waals surface area contributed by atoms with Gasteiger partial charge in [0.1, 0.15) is 5.15 Å². The number of aromatic nitrogens is 5. The predicted molar refractivity (Wildman–Crippen MR) is 136 cm³/mol. The summed E-state index contributed by atoms with van der Waals surface area (Å²) in [7, 11) is 0. The molecule has 1 atom stereocenters. The molecule has 5 rings (SSSR count). The fraction of sp³-hybridized carbons (Fsp3) is 0.240. The van der Waals surface area contributed by atoms with Crippen molar-refractivity contribution < 1.29 is 9.53 Å². The molecule has 10 heteroatoms. The summed E-state index contributed by atoms with van der Waals surface area (Å²) in [5.41, 5.74) is 3.89. The van der Waals surface area contributed by atoms with Crippen LogP contribution in [0.3, 0.4) is 0 Å². The van der Waals surface area contributed by atoms with Crippen LogP contribution in [0.5, 0.6) is 5.88 Å². The summed E-state index contributed by atoms with van der Waals surface area (Å²) >= 11 is 8.30. The van der Waals surface area contributed by atoms with Gasteiger partial charge >= 0.3 is 0 Å². The smallest absolute Gasteiger partial charge is 0.247 e. The van der Waals surface area contributed by atoms with Gasteiger partial charge in [-0.15, -0.1) is 10.2 Å². The van der Waals surface area contributed by atoms with Crippen LogP contribution in [0, 0.1) is 6.92 Å². The Hall–Kier alpha value is -3.43. The lowest BCUT2D eigenvalue weighted by molar-refractivity contribution is -0.120. The number of hydrogen-bond acceptors (Lipinski definition) is 7. The highest BCUT2D eigenvalue weighted by Crippen LogP contribution is 2.45. The van der Waals surface area contributed by atoms with E-state index in [2.05, 4.69) is 20.3 Å². The van der Waals surface area contributed by atoms with Gasteiger partial charge in [-0.3, -0.25) is 9.69 Å². The molecule has 0 aliphatic carbocycles. The molecule has 2 aromatic carbocycles. The van der Waals surface area contributed by atoms with Crippen LogP contribution in [0.25, 0.3) is 16.9 Å². The summed E-state index contributed by atoms with van der Waals surface area (Å²) in [6.07, 6.45) is 1.99. The highest BCUT2D eigenvalue weighted by atomic mass is 35.5. The summed E-state index contributed by atoms with van der Waals surface area (Å²) in [6.45, 7) is 3.82. The van der Waals surface area contributed by atoms with Gasteiger partial charge in [0.2, 0.25) is 23.2 Å². The van der Waals surface area contributed by atoms with Crippen molar-refractivity contribution in [1.29, 1.82) is 0 Å². The standard InChI is InChI=1S/C25H23ClN6O2S/c1-4-10-19(33)31-18-14-9-8-13-17(18)21-23(27-25(35-3)29-28-21)34-24(31)20-15(2)30-32(22(20)26)16-11-6-5-7-12-16/h5-9,11-14,24H,4,10H2,1-3H3/t24-/m0/s1. The number of amides is 1. The molecule has 2 aromatic heterocycles. The van der Waals surface area contributed by atoms with E-state index in [0.29, 0.717) is 51.4 Å². The number of hydrogen-bond donors (Lipinski definition) is 0. The first-order valence-electron chi connectivity index (χ1n) is 11.2. The van der Waals surface area contributed by atoms with Gasteiger partial charge < -0.3 is 4.74 Å². The average Bonchev–Trinajstić information content (AvgIpc) is 3.09. The number of rotatable bonds is 5. The maximum absolute atomic E-state index is 13.6. The minimum absolute atomic E-state index is 0.0984. The molecule has 0 N–H and O–H groups in total. The van der Waals surface area contributed by atoms with Gasteiger partial charge in [-0.05, 0) is 37.8 Å². The van der Waals surface area contributed by atoms with Crippen molar-refractivity contribution in [2.45, 2.75) is 38.1 Å². The van der Waals surface area contributed by atoms with Crippen molar-refractivity contribution in [3.05, 3.63) is 71.0 Å². The Balaban J connectivity index is 1.75. The van der Waals surface area contributed by atoms with Crippen molar-refractivity contribution in [2.24, 2.45) is 0 Å². The van der Waals surface area contributed by atoms with Crippen LogP contribution in [-0.2, 0) is 4.79 Å². The third-order valence-corrected chi connectivity index (χ3v) is 6.62. The van der Waals surface area contributed by atoms with Crippen molar-refractivity contribution in [1.82, 2.24) is 25.0 Å². The molecule has 0 bridgehead atoms. The normalized spacial score (nSPS) is 14.6. The van der Waals surface area contributed by atoms with E-state index in [1.165, 1.54) is 11.8 Å². The van der Waals surface area contributed by atoms with Gasteiger partial charge in [0.15, 0.2) is 5.69 Å². The second-order valence-electron chi connectivity index (χ2n) is 7.99. The van der Waals surface area contributed by atoms with E-state index >= 15 is 0 Å². The first-order valence-corrected chi connectivity index (χ1v) is 12.8. The maximum atomic E-state index is 13.6. The second kappa shape index (κ2) is 9.67. The molecule has 35 heavy (non-hydrogen) atoms. The van der Waals surface area contributed by atoms with E-state index in [-0.39, 0.29) is 11.8 Å². The summed E-state index contributed by atoms with van der Waals surface area (Å²) in [5.74, 6) is 0.190. The highest BCUT2D eigenvalue weighted by Gasteiger charge is 2.39. The Kier molecular flexibility index (Phi) is 6.44. The Morgan fingerprint density at radius 3 is 2.60 bits per heavy atom. The van der Waals surface area contributed by atoms with Gasteiger partial charge in [0.05, 0.1) is 22.6 Å². The number of carbonyl (C=O) groups excluding carboxylic acids is 1. The lowest BCUT2D eigenvalue weighted by Gasteiger charge is -2.30. The van der Waals surface area contributed by atoms with E-state index in [0.717, 1.165) is 5.69 Å². The Morgan fingerprint density at radius 2 is 1.86 bits per heavy atom. The number of para-hydroxylation sites is 2. The number of halogens is 1. The Morgan fingerprint density at radius 1 is 1.11 bits per heavy atom. The zero-order valence-corrected chi connectivity index (χ0v) is 21.0. The SMILES string of the molecule is CCCC(=O)N1c2ccccc2-c2nnc(SC)nc2O[C@H]1c1c(C)nn(-c2ccccc2)c1Cl. The molecule has 0 unspecified atom stereocenters. The minimum Gasteiger partial charge on any atom is -0.447 e. The third-order valence-electron chi connectivity index (χ3n) is 5.72. The molecule has 0 spiro atoms. The van der Waals surface area contributed by atoms with E-state index in [1.807, 2.05) is 74.7 Å². The van der Waals surface area contributed by atoms with Crippen LogP contribution in [0.1, 0.15) is 37.3 Å². The number of thioether (sulfide) groups is 1. The van der Waals surface area contributed by atoms with Crippen molar-refractivity contribution >= 4 is 35.0 Å². The molecule has 0 saturated carbocycles. The van der Waals surface area contributed by atoms with Crippen LogP contribution >= 0.6 is 23.4 Å². The van der Waals surface area contributed by atoms with Crippen molar-refractivity contribution in [2.75, 3.05) is 11.2 Å². The van der Waals surface area contributed by atoms with Gasteiger partial charge in [0.25, 0.3) is 0 Å². The molecule has 4 aromatic rings. The topological polar surface area (TPSA) is 86.0 Å². The van der Waals surface area contributed by atoms with Gasteiger partial charge in [-0.1, -0.05) is 66.7 Å². The van der Waals surface area contributed by atoms with E-state index in [4.69, 9.17) is 16.3 Å². The fourth-order valence-corrected chi connectivity index (χ4v) is 4.79. The lowest BCUT2D eigenvalue weighted by atomic mass is 10.1. The first kappa shape index (κ1) is 23.3. The largest absolute Gasteiger partial charge is 0.447 e. The van der Waals surface area contributed by atoms with Crippen LogP contribution < -0.4 is 9.64 Å². The van der Waals surface area contributed by atoms with E-state index in [9.17, 15) is 4.79 Å².